The molecule has 4 heteroatoms. The van der Waals surface area contributed by atoms with Gasteiger partial charge in [0.1, 0.15) is 11.5 Å². The molecule has 0 aliphatic heterocycles. The number of ether oxygens (including phenoxy) is 1. The van der Waals surface area contributed by atoms with Gasteiger partial charge >= 0.3 is 5.97 Å². The van der Waals surface area contributed by atoms with Gasteiger partial charge in [-0.05, 0) is 49.7 Å². The van der Waals surface area contributed by atoms with E-state index in [0.29, 0.717) is 16.7 Å². The van der Waals surface area contributed by atoms with Gasteiger partial charge in [-0.2, -0.15) is 0 Å². The molecule has 0 bridgehead atoms. The van der Waals surface area contributed by atoms with Gasteiger partial charge in [-0.15, -0.1) is 0 Å². The first-order chi connectivity index (χ1) is 12.4. The third-order valence-electron chi connectivity index (χ3n) is 4.50. The van der Waals surface area contributed by atoms with Gasteiger partial charge in [0.2, 0.25) is 0 Å². The van der Waals surface area contributed by atoms with Crippen LogP contribution in [0.2, 0.25) is 0 Å². The lowest BCUT2D eigenvalue weighted by Crippen LogP contribution is -2.30. The van der Waals surface area contributed by atoms with Gasteiger partial charge in [-0.3, -0.25) is 0 Å². The van der Waals surface area contributed by atoms with Gasteiger partial charge in [0.05, 0.1) is 5.56 Å². The van der Waals surface area contributed by atoms with E-state index in [-0.39, 0.29) is 11.5 Å². The number of benzene rings is 3. The van der Waals surface area contributed by atoms with Gasteiger partial charge in [0, 0.05) is 11.1 Å². The molecule has 0 heterocycles. The maximum absolute atomic E-state index is 12.8. The molecule has 26 heavy (non-hydrogen) atoms. The molecule has 3 aromatic carbocycles. The summed E-state index contributed by atoms with van der Waals surface area (Å²) in [5.74, 6) is -0.175. The number of hydrogen-bond acceptors (Lipinski definition) is 4. The Bertz CT molecular complexity index is 866. The molecule has 0 saturated heterocycles. The van der Waals surface area contributed by atoms with Crippen molar-refractivity contribution in [2.24, 2.45) is 0 Å². The number of hydrogen-bond donors (Lipinski definition) is 2. The van der Waals surface area contributed by atoms with E-state index in [1.165, 1.54) is 0 Å². The predicted molar refractivity (Wildman–Crippen MR) is 99.3 cm³/mol. The second kappa shape index (κ2) is 6.92. The van der Waals surface area contributed by atoms with Crippen LogP contribution in [0.15, 0.2) is 72.8 Å². The van der Waals surface area contributed by atoms with E-state index in [1.807, 2.05) is 19.1 Å². The fraction of sp³-hybridized carbons (Fsp3) is 0.136. The number of aromatic hydroxyl groups is 2. The quantitative estimate of drug-likeness (QED) is 0.680. The van der Waals surface area contributed by atoms with E-state index >= 15 is 0 Å². The zero-order chi connectivity index (χ0) is 18.7. The minimum absolute atomic E-state index is 0.132. The molecule has 0 aliphatic rings. The summed E-state index contributed by atoms with van der Waals surface area (Å²) in [7, 11) is 0. The minimum Gasteiger partial charge on any atom is -0.508 e. The average molecular weight is 348 g/mol. The molecule has 0 aliphatic carbocycles. The SMILES string of the molecule is Cc1ccccc1C(=O)OC(C)(c1ccc(O)cc1)c1ccc(O)cc1. The zero-order valence-corrected chi connectivity index (χ0v) is 14.6. The molecule has 3 rings (SSSR count). The molecule has 2 N–H and O–H groups in total. The highest BCUT2D eigenvalue weighted by Crippen LogP contribution is 2.36. The van der Waals surface area contributed by atoms with Crippen LogP contribution in [0.1, 0.15) is 34.0 Å². The van der Waals surface area contributed by atoms with Crippen molar-refractivity contribution in [3.8, 4) is 11.5 Å². The minimum atomic E-state index is -1.08. The molecule has 0 atom stereocenters. The molecule has 0 radical (unpaired) electrons. The molecule has 0 unspecified atom stereocenters. The Labute approximate surface area is 152 Å². The summed E-state index contributed by atoms with van der Waals surface area (Å²) in [5.41, 5.74) is 1.67. The lowest BCUT2D eigenvalue weighted by molar-refractivity contribution is 0.00607. The molecular formula is C22H20O4. The van der Waals surface area contributed by atoms with Crippen LogP contribution >= 0.6 is 0 Å². The van der Waals surface area contributed by atoms with Crippen LogP contribution in [-0.4, -0.2) is 16.2 Å². The molecule has 0 aromatic heterocycles. The molecular weight excluding hydrogens is 328 g/mol. The molecule has 4 nitrogen and oxygen atoms in total. The van der Waals surface area contributed by atoms with E-state index < -0.39 is 11.6 Å². The van der Waals surface area contributed by atoms with Crippen LogP contribution in [0, 0.1) is 6.92 Å². The number of phenolic OH excluding ortho intramolecular Hbond substituents is 2. The monoisotopic (exact) mass is 348 g/mol. The first-order valence-electron chi connectivity index (χ1n) is 8.28. The van der Waals surface area contributed by atoms with Gasteiger partial charge in [0.15, 0.2) is 5.60 Å². The van der Waals surface area contributed by atoms with E-state index in [0.717, 1.165) is 5.56 Å². The summed E-state index contributed by atoms with van der Waals surface area (Å²) < 4.78 is 5.95. The van der Waals surface area contributed by atoms with E-state index in [1.54, 1.807) is 67.6 Å². The van der Waals surface area contributed by atoms with Crippen LogP contribution < -0.4 is 0 Å². The number of carbonyl (C=O) groups is 1. The first-order valence-corrected chi connectivity index (χ1v) is 8.28. The summed E-state index contributed by atoms with van der Waals surface area (Å²) >= 11 is 0. The van der Waals surface area contributed by atoms with Crippen molar-refractivity contribution >= 4 is 5.97 Å². The topological polar surface area (TPSA) is 66.8 Å². The Morgan fingerprint density at radius 3 is 1.73 bits per heavy atom. The first kappa shape index (κ1) is 17.5. The molecule has 3 aromatic rings. The summed E-state index contributed by atoms with van der Waals surface area (Å²) in [5, 5.41) is 19.2. The smallest absolute Gasteiger partial charge is 0.339 e. The van der Waals surface area contributed by atoms with Gasteiger partial charge in [-0.25, -0.2) is 4.79 Å². The maximum atomic E-state index is 12.8. The number of aryl methyl sites for hydroxylation is 1. The Morgan fingerprint density at radius 1 is 0.808 bits per heavy atom. The van der Waals surface area contributed by atoms with Crippen LogP contribution in [-0.2, 0) is 10.3 Å². The zero-order valence-electron chi connectivity index (χ0n) is 14.6. The molecule has 0 spiro atoms. The third kappa shape index (κ3) is 3.40. The summed E-state index contributed by atoms with van der Waals surface area (Å²) in [6.07, 6.45) is 0. The van der Waals surface area contributed by atoms with Crippen LogP contribution in [0.4, 0.5) is 0 Å². The average Bonchev–Trinajstić information content (AvgIpc) is 2.63. The molecule has 132 valence electrons. The van der Waals surface area contributed by atoms with Crippen molar-refractivity contribution in [1.82, 2.24) is 0 Å². The number of rotatable bonds is 4. The van der Waals surface area contributed by atoms with Gasteiger partial charge in [-0.1, -0.05) is 42.5 Å². The maximum Gasteiger partial charge on any atom is 0.339 e. The van der Waals surface area contributed by atoms with Crippen molar-refractivity contribution in [3.05, 3.63) is 95.1 Å². The number of phenols is 2. The van der Waals surface area contributed by atoms with Crippen molar-refractivity contribution < 1.29 is 19.7 Å². The molecule has 0 amide bonds. The van der Waals surface area contributed by atoms with Gasteiger partial charge < -0.3 is 14.9 Å². The Morgan fingerprint density at radius 2 is 1.27 bits per heavy atom. The number of carbonyl (C=O) groups excluding carboxylic acids is 1. The normalized spacial score (nSPS) is 11.2. The lowest BCUT2D eigenvalue weighted by Gasteiger charge is -2.31. The highest BCUT2D eigenvalue weighted by atomic mass is 16.6. The fourth-order valence-corrected chi connectivity index (χ4v) is 2.89. The van der Waals surface area contributed by atoms with Crippen molar-refractivity contribution in [2.75, 3.05) is 0 Å². The summed E-state index contributed by atoms with van der Waals surface area (Å²) in [6.45, 7) is 3.65. The van der Waals surface area contributed by atoms with Crippen molar-refractivity contribution in [1.29, 1.82) is 0 Å². The number of esters is 1. The van der Waals surface area contributed by atoms with Gasteiger partial charge in [0.25, 0.3) is 0 Å². The second-order valence-electron chi connectivity index (χ2n) is 6.33. The highest BCUT2D eigenvalue weighted by molar-refractivity contribution is 5.91. The Hall–Kier alpha value is -3.27. The Balaban J connectivity index is 2.06. The predicted octanol–water partition coefficient (Wildman–Crippen LogP) is 4.53. The van der Waals surface area contributed by atoms with E-state index in [9.17, 15) is 15.0 Å². The summed E-state index contributed by atoms with van der Waals surface area (Å²) in [6, 6.07) is 20.3. The second-order valence-corrected chi connectivity index (χ2v) is 6.33. The van der Waals surface area contributed by atoms with Crippen molar-refractivity contribution in [3.63, 3.8) is 0 Å². The Kier molecular flexibility index (Phi) is 4.67. The largest absolute Gasteiger partial charge is 0.508 e. The van der Waals surface area contributed by atoms with E-state index in [2.05, 4.69) is 0 Å². The standard InChI is InChI=1S/C22H20O4/c1-15-5-3-4-6-20(15)21(25)26-22(2,16-7-11-18(23)12-8-16)17-9-13-19(24)14-10-17/h3-14,23-24H,1-2H3. The summed E-state index contributed by atoms with van der Waals surface area (Å²) in [4.78, 5) is 12.8. The van der Waals surface area contributed by atoms with Crippen LogP contribution in [0.3, 0.4) is 0 Å². The van der Waals surface area contributed by atoms with Crippen LogP contribution in [0.25, 0.3) is 0 Å². The van der Waals surface area contributed by atoms with Crippen molar-refractivity contribution in [2.45, 2.75) is 19.4 Å². The third-order valence-corrected chi connectivity index (χ3v) is 4.50. The molecule has 0 fully saturated rings. The lowest BCUT2D eigenvalue weighted by atomic mass is 9.87. The fourth-order valence-electron chi connectivity index (χ4n) is 2.89. The van der Waals surface area contributed by atoms with E-state index in [4.69, 9.17) is 4.74 Å². The van der Waals surface area contributed by atoms with Crippen LogP contribution in [0.5, 0.6) is 11.5 Å². The highest BCUT2D eigenvalue weighted by Gasteiger charge is 2.34. The molecule has 0 saturated carbocycles.